The smallest absolute Gasteiger partial charge is 0.251 e. The van der Waals surface area contributed by atoms with Crippen LogP contribution in [0.1, 0.15) is 29.6 Å². The average molecular weight is 268 g/mol. The molecule has 3 rings (SSSR count). The molecule has 0 aromatic heterocycles. The lowest BCUT2D eigenvalue weighted by Crippen LogP contribution is -2.27. The van der Waals surface area contributed by atoms with Crippen LogP contribution in [-0.4, -0.2) is 25.0 Å². The molecule has 0 unspecified atom stereocenters. The molecule has 104 valence electrons. The molecular formula is C17H20N2O. The van der Waals surface area contributed by atoms with E-state index in [0.717, 1.165) is 41.9 Å². The Hall–Kier alpha value is -1.87. The first-order valence-electron chi connectivity index (χ1n) is 7.33. The zero-order valence-corrected chi connectivity index (χ0v) is 11.6. The van der Waals surface area contributed by atoms with Gasteiger partial charge in [0.05, 0.1) is 0 Å². The predicted molar refractivity (Wildman–Crippen MR) is 81.9 cm³/mol. The average Bonchev–Trinajstić information content (AvgIpc) is 3.30. The number of benzene rings is 2. The zero-order chi connectivity index (χ0) is 13.8. The number of fused-ring (bicyclic) bond motifs is 1. The molecule has 1 fully saturated rings. The molecule has 0 aliphatic heterocycles. The Morgan fingerprint density at radius 1 is 1.05 bits per heavy atom. The Balaban J connectivity index is 1.51. The van der Waals surface area contributed by atoms with Gasteiger partial charge in [-0.1, -0.05) is 30.3 Å². The van der Waals surface area contributed by atoms with Crippen LogP contribution in [0.5, 0.6) is 0 Å². The molecule has 20 heavy (non-hydrogen) atoms. The van der Waals surface area contributed by atoms with Gasteiger partial charge in [0, 0.05) is 18.2 Å². The van der Waals surface area contributed by atoms with Gasteiger partial charge >= 0.3 is 0 Å². The fraction of sp³-hybridized carbons (Fsp3) is 0.353. The molecule has 3 nitrogen and oxygen atoms in total. The van der Waals surface area contributed by atoms with Crippen LogP contribution in [-0.2, 0) is 0 Å². The second-order valence-electron chi connectivity index (χ2n) is 5.40. The van der Waals surface area contributed by atoms with Crippen molar-refractivity contribution in [3.63, 3.8) is 0 Å². The maximum absolute atomic E-state index is 12.1. The van der Waals surface area contributed by atoms with Gasteiger partial charge in [-0.15, -0.1) is 0 Å². The maximum Gasteiger partial charge on any atom is 0.251 e. The van der Waals surface area contributed by atoms with Gasteiger partial charge in [-0.25, -0.2) is 0 Å². The predicted octanol–water partition coefficient (Wildman–Crippen LogP) is 2.71. The lowest BCUT2D eigenvalue weighted by molar-refractivity contribution is 0.0953. The summed E-state index contributed by atoms with van der Waals surface area (Å²) in [5, 5.41) is 8.69. The lowest BCUT2D eigenvalue weighted by Gasteiger charge is -2.07. The van der Waals surface area contributed by atoms with E-state index in [-0.39, 0.29) is 5.91 Å². The topological polar surface area (TPSA) is 41.1 Å². The summed E-state index contributed by atoms with van der Waals surface area (Å²) in [6, 6.07) is 14.7. The van der Waals surface area contributed by atoms with Crippen molar-refractivity contribution in [3.8, 4) is 0 Å². The minimum absolute atomic E-state index is 0.0159. The number of rotatable bonds is 6. The SMILES string of the molecule is O=C(NCCCNC1CC1)c1ccc2ccccc2c1. The zero-order valence-electron chi connectivity index (χ0n) is 11.6. The molecule has 0 heterocycles. The third kappa shape index (κ3) is 3.36. The van der Waals surface area contributed by atoms with E-state index >= 15 is 0 Å². The highest BCUT2D eigenvalue weighted by Crippen LogP contribution is 2.18. The molecule has 1 saturated carbocycles. The van der Waals surface area contributed by atoms with Crippen LogP contribution in [0.3, 0.4) is 0 Å². The summed E-state index contributed by atoms with van der Waals surface area (Å²) in [4.78, 5) is 12.1. The minimum atomic E-state index is 0.0159. The Bertz CT molecular complexity index is 605. The van der Waals surface area contributed by atoms with Gasteiger partial charge in [0.1, 0.15) is 0 Å². The monoisotopic (exact) mass is 268 g/mol. The van der Waals surface area contributed by atoms with Crippen LogP contribution >= 0.6 is 0 Å². The summed E-state index contributed by atoms with van der Waals surface area (Å²) < 4.78 is 0. The number of amides is 1. The number of nitrogens with one attached hydrogen (secondary N) is 2. The third-order valence-corrected chi connectivity index (χ3v) is 3.66. The molecule has 0 saturated heterocycles. The molecule has 0 atom stereocenters. The summed E-state index contributed by atoms with van der Waals surface area (Å²) >= 11 is 0. The van der Waals surface area contributed by atoms with Gasteiger partial charge in [0.25, 0.3) is 5.91 Å². The van der Waals surface area contributed by atoms with Crippen molar-refractivity contribution in [2.24, 2.45) is 0 Å². The van der Waals surface area contributed by atoms with E-state index in [1.807, 2.05) is 36.4 Å². The van der Waals surface area contributed by atoms with Crippen LogP contribution in [0.2, 0.25) is 0 Å². The van der Waals surface area contributed by atoms with E-state index in [2.05, 4.69) is 16.7 Å². The Morgan fingerprint density at radius 2 is 1.85 bits per heavy atom. The van der Waals surface area contributed by atoms with Crippen molar-refractivity contribution < 1.29 is 4.79 Å². The van der Waals surface area contributed by atoms with Gasteiger partial charge in [0.15, 0.2) is 0 Å². The molecule has 1 aliphatic carbocycles. The highest BCUT2D eigenvalue weighted by molar-refractivity contribution is 5.98. The molecule has 3 heteroatoms. The second-order valence-corrected chi connectivity index (χ2v) is 5.40. The standard InChI is InChI=1S/C17H20N2O/c20-17(19-11-3-10-18-16-8-9-16)15-7-6-13-4-1-2-5-14(13)12-15/h1-2,4-7,12,16,18H,3,8-11H2,(H,19,20). The van der Waals surface area contributed by atoms with E-state index in [0.29, 0.717) is 0 Å². The molecule has 1 aliphatic rings. The van der Waals surface area contributed by atoms with Gasteiger partial charge in [-0.2, -0.15) is 0 Å². The fourth-order valence-electron chi connectivity index (χ4n) is 2.32. The van der Waals surface area contributed by atoms with E-state index in [9.17, 15) is 4.79 Å². The lowest BCUT2D eigenvalue weighted by atomic mass is 10.1. The van der Waals surface area contributed by atoms with Crippen molar-refractivity contribution in [1.29, 1.82) is 0 Å². The molecule has 0 bridgehead atoms. The number of carbonyl (C=O) groups is 1. The summed E-state index contributed by atoms with van der Waals surface area (Å²) in [7, 11) is 0. The van der Waals surface area contributed by atoms with E-state index in [1.54, 1.807) is 0 Å². The first-order chi connectivity index (χ1) is 9.83. The summed E-state index contributed by atoms with van der Waals surface area (Å²) in [5.41, 5.74) is 0.735. The van der Waals surface area contributed by atoms with Gasteiger partial charge in [0.2, 0.25) is 0 Å². The van der Waals surface area contributed by atoms with E-state index in [1.165, 1.54) is 12.8 Å². The molecular weight excluding hydrogens is 248 g/mol. The third-order valence-electron chi connectivity index (χ3n) is 3.66. The quantitative estimate of drug-likeness (QED) is 0.791. The Labute approximate surface area is 119 Å². The van der Waals surface area contributed by atoms with E-state index in [4.69, 9.17) is 0 Å². The van der Waals surface area contributed by atoms with Crippen LogP contribution in [0, 0.1) is 0 Å². The van der Waals surface area contributed by atoms with Gasteiger partial charge in [-0.05, 0) is 48.7 Å². The number of hydrogen-bond donors (Lipinski definition) is 2. The van der Waals surface area contributed by atoms with Gasteiger partial charge in [-0.3, -0.25) is 4.79 Å². The van der Waals surface area contributed by atoms with Crippen molar-refractivity contribution >= 4 is 16.7 Å². The van der Waals surface area contributed by atoms with Crippen LogP contribution in [0.4, 0.5) is 0 Å². The highest BCUT2D eigenvalue weighted by atomic mass is 16.1. The Kier molecular flexibility index (Phi) is 3.97. The van der Waals surface area contributed by atoms with Crippen molar-refractivity contribution in [2.75, 3.05) is 13.1 Å². The van der Waals surface area contributed by atoms with Crippen LogP contribution in [0.25, 0.3) is 10.8 Å². The minimum Gasteiger partial charge on any atom is -0.352 e. The van der Waals surface area contributed by atoms with Crippen molar-refractivity contribution in [1.82, 2.24) is 10.6 Å². The molecule has 0 radical (unpaired) electrons. The normalized spacial score (nSPS) is 14.4. The Morgan fingerprint density at radius 3 is 2.65 bits per heavy atom. The summed E-state index contributed by atoms with van der Waals surface area (Å²) in [6.07, 6.45) is 3.60. The largest absolute Gasteiger partial charge is 0.352 e. The second kappa shape index (κ2) is 6.06. The molecule has 0 spiro atoms. The van der Waals surface area contributed by atoms with Crippen molar-refractivity contribution in [3.05, 3.63) is 48.0 Å². The molecule has 2 N–H and O–H groups in total. The highest BCUT2D eigenvalue weighted by Gasteiger charge is 2.19. The van der Waals surface area contributed by atoms with Crippen LogP contribution in [0.15, 0.2) is 42.5 Å². The molecule has 1 amide bonds. The van der Waals surface area contributed by atoms with Gasteiger partial charge < -0.3 is 10.6 Å². The van der Waals surface area contributed by atoms with E-state index < -0.39 is 0 Å². The maximum atomic E-state index is 12.1. The number of carbonyl (C=O) groups excluding carboxylic acids is 1. The molecule has 2 aromatic rings. The summed E-state index contributed by atoms with van der Waals surface area (Å²) in [6.45, 7) is 1.72. The van der Waals surface area contributed by atoms with Crippen LogP contribution < -0.4 is 10.6 Å². The summed E-state index contributed by atoms with van der Waals surface area (Å²) in [5.74, 6) is 0.0159. The van der Waals surface area contributed by atoms with Crippen molar-refractivity contribution in [2.45, 2.75) is 25.3 Å². The number of hydrogen-bond acceptors (Lipinski definition) is 2. The first-order valence-corrected chi connectivity index (χ1v) is 7.33. The first kappa shape index (κ1) is 13.1. The molecule has 2 aromatic carbocycles. The fourth-order valence-corrected chi connectivity index (χ4v) is 2.32.